The third-order valence-corrected chi connectivity index (χ3v) is 0. The number of hydrogen-bond donors (Lipinski definition) is 0. The van der Waals surface area contributed by atoms with Crippen molar-refractivity contribution in [2.24, 2.45) is 0 Å². The van der Waals surface area contributed by atoms with Crippen molar-refractivity contribution >= 4 is 69.1 Å². The van der Waals surface area contributed by atoms with Crippen molar-refractivity contribution in [2.75, 3.05) is 0 Å². The maximum Gasteiger partial charge on any atom is 2.00 e. The average Bonchev–Trinajstić information content (AvgIpc) is 1.50. The van der Waals surface area contributed by atoms with Gasteiger partial charge in [0.1, 0.15) is 0 Å². The Morgan fingerprint density at radius 1 is 0.800 bits per heavy atom. The molecule has 0 N–H and O–H groups in total. The molecule has 0 bridgehead atoms. The fraction of sp³-hybridized carbons (Fsp3) is 0. The van der Waals surface area contributed by atoms with Crippen molar-refractivity contribution in [2.45, 2.75) is 0 Å². The first kappa shape index (κ1) is 15.7. The Balaban J connectivity index is -0.0000000133. The van der Waals surface area contributed by atoms with E-state index in [4.69, 9.17) is 6.87 Å². The SMILES string of the molecule is [Mg+2].[O-]I.[O-]I. The second-order valence-corrected chi connectivity index (χ2v) is 0. The van der Waals surface area contributed by atoms with E-state index in [0.29, 0.717) is 0 Å². The van der Waals surface area contributed by atoms with Crippen LogP contribution in [-0.4, -0.2) is 23.1 Å². The van der Waals surface area contributed by atoms with Crippen LogP contribution in [0, 0.1) is 0 Å². The molecule has 0 aliphatic carbocycles. The molecule has 0 saturated carbocycles. The molecule has 0 unspecified atom stereocenters. The first-order valence-corrected chi connectivity index (χ1v) is 2.07. The van der Waals surface area contributed by atoms with E-state index in [1.807, 2.05) is 0 Å². The van der Waals surface area contributed by atoms with Crippen LogP contribution in [0.3, 0.4) is 0 Å². The largest absolute Gasteiger partial charge is 2.00 e. The summed E-state index contributed by atoms with van der Waals surface area (Å²) >= 11 is 1.80. The number of hydrogen-bond acceptors (Lipinski definition) is 2. The average molecular weight is 310 g/mol. The summed E-state index contributed by atoms with van der Waals surface area (Å²) in [6, 6.07) is 0. The molecule has 5 heavy (non-hydrogen) atoms. The molecular weight excluding hydrogens is 310 g/mol. The van der Waals surface area contributed by atoms with Gasteiger partial charge >= 0.3 is 23.1 Å². The van der Waals surface area contributed by atoms with Crippen LogP contribution in [0.25, 0.3) is 0 Å². The molecule has 0 aliphatic heterocycles. The van der Waals surface area contributed by atoms with Crippen LogP contribution in [-0.2, 0) is 0 Å². The Morgan fingerprint density at radius 3 is 0.800 bits per heavy atom. The van der Waals surface area contributed by atoms with E-state index in [0.717, 1.165) is 46.0 Å². The summed E-state index contributed by atoms with van der Waals surface area (Å²) < 4.78 is 16.4. The van der Waals surface area contributed by atoms with E-state index in [-0.39, 0.29) is 23.1 Å². The molecule has 2 nitrogen and oxygen atoms in total. The van der Waals surface area contributed by atoms with Crippen LogP contribution in [0.2, 0.25) is 0 Å². The predicted molar refractivity (Wildman–Crippen MR) is 33.8 cm³/mol. The van der Waals surface area contributed by atoms with Crippen molar-refractivity contribution in [3.8, 4) is 0 Å². The Morgan fingerprint density at radius 2 is 0.800 bits per heavy atom. The molecule has 0 rings (SSSR count). The van der Waals surface area contributed by atoms with E-state index in [9.17, 15) is 0 Å². The van der Waals surface area contributed by atoms with Gasteiger partial charge in [-0.3, -0.25) is 0 Å². The molecule has 5 heteroatoms. The zero-order valence-electron chi connectivity index (χ0n) is 2.28. The second-order valence-electron chi connectivity index (χ2n) is 0. The molecule has 0 spiro atoms. The van der Waals surface area contributed by atoms with Gasteiger partial charge in [0.15, 0.2) is 0 Å². The number of halogens is 2. The van der Waals surface area contributed by atoms with Crippen molar-refractivity contribution in [1.29, 1.82) is 0 Å². The third kappa shape index (κ3) is 22.9. The summed E-state index contributed by atoms with van der Waals surface area (Å²) in [4.78, 5) is 0. The Bertz CT molecular complexity index is 7.61. The standard InChI is InChI=1S/2IO.Mg/c2*1-2;/q2*-1;+2. The summed E-state index contributed by atoms with van der Waals surface area (Å²) in [7, 11) is 0. The minimum Gasteiger partial charge on any atom is -0.795 e. The molecule has 0 fully saturated rings. The molecule has 0 atom stereocenters. The quantitative estimate of drug-likeness (QED) is 0.426. The summed E-state index contributed by atoms with van der Waals surface area (Å²) in [5.74, 6) is 0. The molecule has 0 aromatic carbocycles. The van der Waals surface area contributed by atoms with Crippen molar-refractivity contribution in [1.82, 2.24) is 0 Å². The third-order valence-electron chi connectivity index (χ3n) is 0. The summed E-state index contributed by atoms with van der Waals surface area (Å²) in [5, 5.41) is 0. The second kappa shape index (κ2) is 35.3. The smallest absolute Gasteiger partial charge is 0.795 e. The minimum absolute atomic E-state index is 0. The van der Waals surface area contributed by atoms with Crippen LogP contribution in [0.15, 0.2) is 0 Å². The van der Waals surface area contributed by atoms with Gasteiger partial charge in [-0.15, -0.1) is 0 Å². The molecule has 0 saturated heterocycles. The first-order chi connectivity index (χ1) is 2.00. The molecular formula is I2MgO2. The minimum atomic E-state index is 0. The Hall–Kier alpha value is 2.15. The van der Waals surface area contributed by atoms with Gasteiger partial charge < -0.3 is 6.87 Å². The van der Waals surface area contributed by atoms with Crippen molar-refractivity contribution in [3.05, 3.63) is 0 Å². The fourth-order valence-electron chi connectivity index (χ4n) is 0. The van der Waals surface area contributed by atoms with Crippen LogP contribution < -0.4 is 6.87 Å². The molecule has 0 aliphatic rings. The van der Waals surface area contributed by atoms with Gasteiger partial charge in [0, 0.05) is 0 Å². The number of rotatable bonds is 0. The van der Waals surface area contributed by atoms with Gasteiger partial charge in [0.2, 0.25) is 0 Å². The van der Waals surface area contributed by atoms with Crippen LogP contribution in [0.5, 0.6) is 0 Å². The summed E-state index contributed by atoms with van der Waals surface area (Å²) in [5.41, 5.74) is 0. The Labute approximate surface area is 74.9 Å². The summed E-state index contributed by atoms with van der Waals surface area (Å²) in [6.45, 7) is 0. The summed E-state index contributed by atoms with van der Waals surface area (Å²) in [6.07, 6.45) is 0. The zero-order chi connectivity index (χ0) is 4.00. The topological polar surface area (TPSA) is 46.1 Å². The fourth-order valence-corrected chi connectivity index (χ4v) is 0. The molecule has 0 amide bonds. The van der Waals surface area contributed by atoms with Gasteiger partial charge in [-0.1, -0.05) is 0 Å². The first-order valence-electron chi connectivity index (χ1n) is 0.309. The van der Waals surface area contributed by atoms with E-state index >= 15 is 0 Å². The van der Waals surface area contributed by atoms with Gasteiger partial charge in [-0.05, 0) is 0 Å². The van der Waals surface area contributed by atoms with Gasteiger partial charge in [0.25, 0.3) is 0 Å². The van der Waals surface area contributed by atoms with Crippen LogP contribution >= 0.6 is 46.0 Å². The predicted octanol–water partition coefficient (Wildman–Crippen LogP) is -0.987. The molecule has 0 heterocycles. The van der Waals surface area contributed by atoms with Crippen LogP contribution in [0.4, 0.5) is 0 Å². The van der Waals surface area contributed by atoms with Gasteiger partial charge in [-0.25, -0.2) is 46.0 Å². The Kier molecular flexibility index (Phi) is 111. The van der Waals surface area contributed by atoms with Crippen molar-refractivity contribution < 1.29 is 6.87 Å². The molecule has 0 aromatic rings. The molecule has 0 aromatic heterocycles. The van der Waals surface area contributed by atoms with Crippen molar-refractivity contribution in [3.63, 3.8) is 0 Å². The molecule has 0 radical (unpaired) electrons. The maximum atomic E-state index is 8.22. The maximum absolute atomic E-state index is 8.22. The normalized spacial score (nSPS) is 2.40. The monoisotopic (exact) mass is 310 g/mol. The van der Waals surface area contributed by atoms with Crippen LogP contribution in [0.1, 0.15) is 0 Å². The van der Waals surface area contributed by atoms with E-state index < -0.39 is 0 Å². The van der Waals surface area contributed by atoms with Gasteiger partial charge in [-0.2, -0.15) is 0 Å². The zero-order valence-corrected chi connectivity index (χ0v) is 8.01. The molecule has 28 valence electrons. The van der Waals surface area contributed by atoms with Gasteiger partial charge in [0.05, 0.1) is 0 Å². The van der Waals surface area contributed by atoms with E-state index in [2.05, 4.69) is 0 Å². The van der Waals surface area contributed by atoms with E-state index in [1.165, 1.54) is 0 Å². The van der Waals surface area contributed by atoms with E-state index in [1.54, 1.807) is 0 Å².